The van der Waals surface area contributed by atoms with Gasteiger partial charge < -0.3 is 10.1 Å². The van der Waals surface area contributed by atoms with Gasteiger partial charge in [-0.1, -0.05) is 0 Å². The van der Waals surface area contributed by atoms with E-state index in [-0.39, 0.29) is 5.82 Å². The first-order valence-corrected chi connectivity index (χ1v) is 8.18. The van der Waals surface area contributed by atoms with Gasteiger partial charge in [0.25, 0.3) is 0 Å². The minimum Gasteiger partial charge on any atom is -0.444 e. The Kier molecular flexibility index (Phi) is 4.75. The lowest BCUT2D eigenvalue weighted by Gasteiger charge is -2.27. The van der Waals surface area contributed by atoms with Crippen molar-refractivity contribution in [1.29, 1.82) is 0 Å². The molecule has 0 saturated heterocycles. The highest BCUT2D eigenvalue weighted by Gasteiger charge is 2.28. The SMILES string of the molecule is CC(C)(C)OC(=O)NC(C)(C)c1csc(-c2ccc(F)cc2)n1. The summed E-state index contributed by atoms with van der Waals surface area (Å²) in [6.45, 7) is 9.17. The van der Waals surface area contributed by atoms with Crippen LogP contribution in [0.5, 0.6) is 0 Å². The zero-order valence-corrected chi connectivity index (χ0v) is 14.8. The summed E-state index contributed by atoms with van der Waals surface area (Å²) in [5.41, 5.74) is 0.349. The second-order valence-electron chi connectivity index (χ2n) is 6.80. The largest absolute Gasteiger partial charge is 0.444 e. The second kappa shape index (κ2) is 6.28. The first-order valence-electron chi connectivity index (χ1n) is 7.30. The molecule has 124 valence electrons. The van der Waals surface area contributed by atoms with Crippen molar-refractivity contribution in [3.05, 3.63) is 41.2 Å². The molecule has 0 atom stereocenters. The molecule has 0 bridgehead atoms. The summed E-state index contributed by atoms with van der Waals surface area (Å²) in [6.07, 6.45) is -0.487. The number of aromatic nitrogens is 1. The third kappa shape index (κ3) is 4.76. The van der Waals surface area contributed by atoms with Gasteiger partial charge in [-0.2, -0.15) is 0 Å². The van der Waals surface area contributed by atoms with Crippen LogP contribution in [0.3, 0.4) is 0 Å². The standard InChI is InChI=1S/C17H21FN2O2S/c1-16(2,3)22-15(21)20-17(4,5)13-10-23-14(19-13)11-6-8-12(18)9-7-11/h6-10H,1-5H3,(H,20,21). The molecule has 0 saturated carbocycles. The van der Waals surface area contributed by atoms with Gasteiger partial charge in [0.2, 0.25) is 0 Å². The van der Waals surface area contributed by atoms with Crippen LogP contribution >= 0.6 is 11.3 Å². The molecular formula is C17H21FN2O2S. The summed E-state index contributed by atoms with van der Waals surface area (Å²) in [6, 6.07) is 6.18. The normalized spacial score (nSPS) is 12.1. The number of hydrogen-bond donors (Lipinski definition) is 1. The average molecular weight is 336 g/mol. The Morgan fingerprint density at radius 3 is 2.35 bits per heavy atom. The number of amides is 1. The third-order valence-corrected chi connectivity index (χ3v) is 3.94. The molecule has 1 aromatic carbocycles. The Bertz CT molecular complexity index is 687. The molecule has 0 aliphatic heterocycles. The number of hydrogen-bond acceptors (Lipinski definition) is 4. The van der Waals surface area contributed by atoms with Crippen LogP contribution < -0.4 is 5.32 Å². The minimum absolute atomic E-state index is 0.280. The van der Waals surface area contributed by atoms with Gasteiger partial charge in [0, 0.05) is 10.9 Å². The maximum atomic E-state index is 13.0. The lowest BCUT2D eigenvalue weighted by atomic mass is 10.0. The molecule has 1 amide bonds. The number of ether oxygens (including phenoxy) is 1. The molecule has 6 heteroatoms. The predicted molar refractivity (Wildman–Crippen MR) is 89.9 cm³/mol. The number of carbonyl (C=O) groups excluding carboxylic acids is 1. The topological polar surface area (TPSA) is 51.2 Å². The first kappa shape index (κ1) is 17.4. The van der Waals surface area contributed by atoms with Crippen LogP contribution in [0, 0.1) is 5.82 Å². The minimum atomic E-state index is -0.670. The molecule has 0 aliphatic carbocycles. The molecule has 0 spiro atoms. The molecule has 2 rings (SSSR count). The lowest BCUT2D eigenvalue weighted by Crippen LogP contribution is -2.44. The van der Waals surface area contributed by atoms with Crippen LogP contribution in [0.1, 0.15) is 40.3 Å². The summed E-state index contributed by atoms with van der Waals surface area (Å²) >= 11 is 1.45. The quantitative estimate of drug-likeness (QED) is 0.883. The van der Waals surface area contributed by atoms with Crippen molar-refractivity contribution in [2.24, 2.45) is 0 Å². The van der Waals surface area contributed by atoms with E-state index in [9.17, 15) is 9.18 Å². The van der Waals surface area contributed by atoms with Gasteiger partial charge in [0.1, 0.15) is 16.4 Å². The molecule has 0 unspecified atom stereocenters. The van der Waals surface area contributed by atoms with Crippen LogP contribution in [-0.4, -0.2) is 16.7 Å². The zero-order valence-electron chi connectivity index (χ0n) is 13.9. The van der Waals surface area contributed by atoms with Gasteiger partial charge in [0.05, 0.1) is 11.2 Å². The number of nitrogens with one attached hydrogen (secondary N) is 1. The van der Waals surface area contributed by atoms with Crippen molar-refractivity contribution in [3.8, 4) is 10.6 Å². The zero-order chi connectivity index (χ0) is 17.3. The Morgan fingerprint density at radius 2 is 1.78 bits per heavy atom. The van der Waals surface area contributed by atoms with E-state index in [0.717, 1.165) is 16.3 Å². The van der Waals surface area contributed by atoms with Gasteiger partial charge >= 0.3 is 6.09 Å². The van der Waals surface area contributed by atoms with Gasteiger partial charge in [-0.15, -0.1) is 11.3 Å². The molecule has 1 aromatic heterocycles. The van der Waals surface area contributed by atoms with Crippen molar-refractivity contribution in [2.75, 3.05) is 0 Å². The van der Waals surface area contributed by atoms with Crippen LogP contribution in [0.15, 0.2) is 29.6 Å². The van der Waals surface area contributed by atoms with Crippen molar-refractivity contribution in [1.82, 2.24) is 10.3 Å². The molecule has 4 nitrogen and oxygen atoms in total. The molecule has 2 aromatic rings. The second-order valence-corrected chi connectivity index (χ2v) is 7.65. The smallest absolute Gasteiger partial charge is 0.408 e. The highest BCUT2D eigenvalue weighted by molar-refractivity contribution is 7.13. The fraction of sp³-hybridized carbons (Fsp3) is 0.412. The van der Waals surface area contributed by atoms with Crippen LogP contribution in [0.25, 0.3) is 10.6 Å². The maximum Gasteiger partial charge on any atom is 0.408 e. The van der Waals surface area contributed by atoms with E-state index in [2.05, 4.69) is 10.3 Å². The van der Waals surface area contributed by atoms with E-state index < -0.39 is 17.2 Å². The molecule has 1 N–H and O–H groups in total. The van der Waals surface area contributed by atoms with Crippen LogP contribution in [-0.2, 0) is 10.3 Å². The van der Waals surface area contributed by atoms with Crippen LogP contribution in [0.4, 0.5) is 9.18 Å². The number of halogens is 1. The molecule has 0 aliphatic rings. The lowest BCUT2D eigenvalue weighted by molar-refractivity contribution is 0.0468. The van der Waals surface area contributed by atoms with E-state index in [1.165, 1.54) is 23.5 Å². The van der Waals surface area contributed by atoms with E-state index >= 15 is 0 Å². The molecule has 0 radical (unpaired) electrons. The molecule has 23 heavy (non-hydrogen) atoms. The maximum absolute atomic E-state index is 13.0. The third-order valence-electron chi connectivity index (χ3n) is 3.05. The number of nitrogens with zero attached hydrogens (tertiary/aromatic N) is 1. The first-order chi connectivity index (χ1) is 10.6. The van der Waals surface area contributed by atoms with Gasteiger partial charge in [-0.25, -0.2) is 14.2 Å². The highest BCUT2D eigenvalue weighted by atomic mass is 32.1. The Labute approximate surface area is 139 Å². The van der Waals surface area contributed by atoms with E-state index in [1.807, 2.05) is 40.0 Å². The van der Waals surface area contributed by atoms with Crippen molar-refractivity contribution in [3.63, 3.8) is 0 Å². The summed E-state index contributed by atoms with van der Waals surface area (Å²) in [5.74, 6) is -0.280. The molecular weight excluding hydrogens is 315 g/mol. The Morgan fingerprint density at radius 1 is 1.17 bits per heavy atom. The summed E-state index contributed by atoms with van der Waals surface area (Å²) in [5, 5.41) is 5.49. The van der Waals surface area contributed by atoms with E-state index in [1.54, 1.807) is 12.1 Å². The van der Waals surface area contributed by atoms with Gasteiger partial charge in [0.15, 0.2) is 0 Å². The molecule has 0 fully saturated rings. The van der Waals surface area contributed by atoms with Crippen molar-refractivity contribution >= 4 is 17.4 Å². The predicted octanol–water partition coefficient (Wildman–Crippen LogP) is 4.71. The van der Waals surface area contributed by atoms with Crippen molar-refractivity contribution < 1.29 is 13.9 Å². The fourth-order valence-corrected chi connectivity index (χ4v) is 2.90. The Balaban J connectivity index is 2.14. The van der Waals surface area contributed by atoms with E-state index in [4.69, 9.17) is 4.74 Å². The highest BCUT2D eigenvalue weighted by Crippen LogP contribution is 2.29. The number of alkyl carbamates (subject to hydrolysis) is 1. The monoisotopic (exact) mass is 336 g/mol. The number of thiazole rings is 1. The average Bonchev–Trinajstić information content (AvgIpc) is 2.86. The number of carbonyl (C=O) groups is 1. The number of benzene rings is 1. The fourth-order valence-electron chi connectivity index (χ4n) is 1.91. The van der Waals surface area contributed by atoms with Crippen LogP contribution in [0.2, 0.25) is 0 Å². The summed E-state index contributed by atoms with van der Waals surface area (Å²) in [7, 11) is 0. The summed E-state index contributed by atoms with van der Waals surface area (Å²) < 4.78 is 18.3. The molecule has 1 heterocycles. The van der Waals surface area contributed by atoms with E-state index in [0.29, 0.717) is 0 Å². The van der Waals surface area contributed by atoms with Crippen molar-refractivity contribution in [2.45, 2.75) is 45.8 Å². The van der Waals surface area contributed by atoms with Gasteiger partial charge in [-0.3, -0.25) is 0 Å². The summed E-state index contributed by atoms with van der Waals surface area (Å²) in [4.78, 5) is 16.5. The Hall–Kier alpha value is -1.95. The number of rotatable bonds is 3. The van der Waals surface area contributed by atoms with Gasteiger partial charge in [-0.05, 0) is 58.9 Å².